The van der Waals surface area contributed by atoms with Gasteiger partial charge < -0.3 is 4.90 Å². The number of benzene rings is 1. The second kappa shape index (κ2) is 13.3. The molecule has 1 aromatic carbocycles. The number of carbonyl (C=O) groups excluding carboxylic acids is 3. The summed E-state index contributed by atoms with van der Waals surface area (Å²) in [5.74, 6) is 4.01. The van der Waals surface area contributed by atoms with Crippen molar-refractivity contribution in [3.05, 3.63) is 29.3 Å². The molecule has 1 unspecified atom stereocenters. The first-order valence-electron chi connectivity index (χ1n) is 14.7. The third-order valence-electron chi connectivity index (χ3n) is 8.93. The lowest BCUT2D eigenvalue weighted by Crippen LogP contribution is -2.52. The van der Waals surface area contributed by atoms with Gasteiger partial charge in [-0.3, -0.25) is 19.7 Å². The molecule has 0 bridgehead atoms. The molecule has 204 valence electrons. The minimum atomic E-state index is -0.548. The van der Waals surface area contributed by atoms with Crippen molar-refractivity contribution in [1.29, 1.82) is 0 Å². The molecule has 4 atom stereocenters. The molecule has 1 N–H and O–H groups in total. The molecule has 6 heteroatoms. The molecule has 2 aliphatic heterocycles. The largest absolute Gasteiger partial charge is 0.322 e. The maximum atomic E-state index is 13.0. The number of rotatable bonds is 12. The van der Waals surface area contributed by atoms with Crippen LogP contribution in [0.1, 0.15) is 114 Å². The molecule has 1 aromatic rings. The van der Waals surface area contributed by atoms with Crippen LogP contribution in [0.2, 0.25) is 0 Å². The molecule has 1 aliphatic carbocycles. The molecule has 1 saturated heterocycles. The van der Waals surface area contributed by atoms with E-state index in [9.17, 15) is 14.4 Å². The monoisotopic (exact) mass is 526 g/mol. The number of fused-ring (bicyclic) bond motifs is 1. The lowest BCUT2D eigenvalue weighted by molar-refractivity contribution is -0.136. The first-order valence-corrected chi connectivity index (χ1v) is 15.7. The first kappa shape index (κ1) is 28.2. The van der Waals surface area contributed by atoms with E-state index in [0.29, 0.717) is 18.5 Å². The molecule has 2 fully saturated rings. The molecule has 0 spiro atoms. The van der Waals surface area contributed by atoms with Gasteiger partial charge in [-0.05, 0) is 72.8 Å². The van der Waals surface area contributed by atoms with Crippen LogP contribution in [0.5, 0.6) is 0 Å². The van der Waals surface area contributed by atoms with Gasteiger partial charge in [0.1, 0.15) is 6.04 Å². The number of thioether (sulfide) groups is 1. The van der Waals surface area contributed by atoms with Crippen LogP contribution in [0.15, 0.2) is 23.1 Å². The number of nitrogens with one attached hydrogen (secondary N) is 1. The van der Waals surface area contributed by atoms with Gasteiger partial charge in [-0.25, -0.2) is 0 Å². The summed E-state index contributed by atoms with van der Waals surface area (Å²) in [5.41, 5.74) is 1.75. The van der Waals surface area contributed by atoms with Gasteiger partial charge >= 0.3 is 0 Å². The van der Waals surface area contributed by atoms with E-state index in [-0.39, 0.29) is 24.1 Å². The highest BCUT2D eigenvalue weighted by Crippen LogP contribution is 2.40. The Kier molecular flexibility index (Phi) is 10.1. The lowest BCUT2D eigenvalue weighted by Gasteiger charge is -2.37. The predicted molar refractivity (Wildman–Crippen MR) is 150 cm³/mol. The Labute approximate surface area is 227 Å². The van der Waals surface area contributed by atoms with E-state index in [2.05, 4.69) is 32.2 Å². The quantitative estimate of drug-likeness (QED) is 0.181. The summed E-state index contributed by atoms with van der Waals surface area (Å²) in [7, 11) is 0. The van der Waals surface area contributed by atoms with Crippen LogP contribution >= 0.6 is 11.8 Å². The number of imide groups is 1. The van der Waals surface area contributed by atoms with Crippen molar-refractivity contribution in [2.24, 2.45) is 23.7 Å². The number of carbonyl (C=O) groups is 3. The maximum absolute atomic E-state index is 13.0. The fourth-order valence-electron chi connectivity index (χ4n) is 6.82. The number of piperidine rings is 1. The number of hydrogen-bond acceptors (Lipinski definition) is 4. The van der Waals surface area contributed by atoms with Crippen molar-refractivity contribution in [3.63, 3.8) is 0 Å². The summed E-state index contributed by atoms with van der Waals surface area (Å²) in [4.78, 5) is 39.6. The van der Waals surface area contributed by atoms with Crippen LogP contribution < -0.4 is 5.32 Å². The Morgan fingerprint density at radius 1 is 1.00 bits per heavy atom. The standard InChI is InChI=1S/C31H46N2O3S/c1-21(2)24-15-14-22(3)19-23(24)11-8-6-4-5-7-9-18-37-28-13-10-12-25-26(28)20-33(31(25)36)27-16-17-29(34)32-30(27)35/h10,12-13,21-24,27H,4-9,11,14-20H2,1-3H3,(H,32,34,35)/t22-,23-,24+,27?/m0/s1. The van der Waals surface area contributed by atoms with Crippen LogP contribution in [-0.2, 0) is 16.1 Å². The average molecular weight is 527 g/mol. The van der Waals surface area contributed by atoms with E-state index in [4.69, 9.17) is 0 Å². The zero-order valence-electron chi connectivity index (χ0n) is 23.1. The fraction of sp³-hybridized carbons (Fsp3) is 0.710. The lowest BCUT2D eigenvalue weighted by atomic mass is 9.68. The van der Waals surface area contributed by atoms with Crippen molar-refractivity contribution in [2.45, 2.75) is 115 Å². The molecule has 37 heavy (non-hydrogen) atoms. The Balaban J connectivity index is 1.14. The SMILES string of the molecule is CC(C)[C@H]1CC[C@H](C)C[C@@H]1CCCCCCCCSc1cccc2c1CN(C1CCC(=O)NC1=O)C2=O. The second-order valence-corrected chi connectivity index (χ2v) is 13.2. The summed E-state index contributed by atoms with van der Waals surface area (Å²) < 4.78 is 0. The van der Waals surface area contributed by atoms with Gasteiger partial charge in [-0.2, -0.15) is 0 Å². The van der Waals surface area contributed by atoms with E-state index >= 15 is 0 Å². The minimum Gasteiger partial charge on any atom is -0.322 e. The van der Waals surface area contributed by atoms with Gasteiger partial charge in [0.2, 0.25) is 11.8 Å². The molecule has 1 saturated carbocycles. The zero-order valence-corrected chi connectivity index (χ0v) is 23.9. The molecule has 2 heterocycles. The number of nitrogens with zero attached hydrogens (tertiary/aromatic N) is 1. The summed E-state index contributed by atoms with van der Waals surface area (Å²) in [6.45, 7) is 7.74. The summed E-state index contributed by atoms with van der Waals surface area (Å²) >= 11 is 1.83. The summed E-state index contributed by atoms with van der Waals surface area (Å²) in [6.07, 6.45) is 14.3. The Morgan fingerprint density at radius 3 is 2.51 bits per heavy atom. The smallest absolute Gasteiger partial charge is 0.255 e. The van der Waals surface area contributed by atoms with E-state index in [1.54, 1.807) is 4.90 Å². The Hall–Kier alpha value is -1.82. The van der Waals surface area contributed by atoms with Crippen LogP contribution in [0.4, 0.5) is 0 Å². The van der Waals surface area contributed by atoms with E-state index in [1.165, 1.54) is 64.2 Å². The highest BCUT2D eigenvalue weighted by atomic mass is 32.2. The summed E-state index contributed by atoms with van der Waals surface area (Å²) in [5, 5.41) is 2.38. The molecule has 3 aliphatic rings. The van der Waals surface area contributed by atoms with Crippen molar-refractivity contribution >= 4 is 29.5 Å². The van der Waals surface area contributed by atoms with E-state index in [0.717, 1.165) is 39.9 Å². The van der Waals surface area contributed by atoms with Crippen LogP contribution in [-0.4, -0.2) is 34.4 Å². The highest BCUT2D eigenvalue weighted by molar-refractivity contribution is 7.99. The molecular weight excluding hydrogens is 480 g/mol. The highest BCUT2D eigenvalue weighted by Gasteiger charge is 2.39. The van der Waals surface area contributed by atoms with Crippen LogP contribution in [0.25, 0.3) is 0 Å². The maximum Gasteiger partial charge on any atom is 0.255 e. The predicted octanol–water partition coefficient (Wildman–Crippen LogP) is 6.98. The van der Waals surface area contributed by atoms with Crippen LogP contribution in [0.3, 0.4) is 0 Å². The van der Waals surface area contributed by atoms with Gasteiger partial charge in [0.25, 0.3) is 5.91 Å². The van der Waals surface area contributed by atoms with Crippen molar-refractivity contribution in [2.75, 3.05) is 5.75 Å². The first-order chi connectivity index (χ1) is 17.8. The molecular formula is C31H46N2O3S. The summed E-state index contributed by atoms with van der Waals surface area (Å²) in [6, 6.07) is 5.36. The molecule has 0 aromatic heterocycles. The second-order valence-electron chi connectivity index (χ2n) is 12.0. The average Bonchev–Trinajstić information content (AvgIpc) is 3.19. The molecule has 4 rings (SSSR count). The van der Waals surface area contributed by atoms with Gasteiger partial charge in [-0.15, -0.1) is 11.8 Å². The van der Waals surface area contributed by atoms with Gasteiger partial charge in [0.05, 0.1) is 0 Å². The van der Waals surface area contributed by atoms with Crippen molar-refractivity contribution in [1.82, 2.24) is 10.2 Å². The number of hydrogen-bond donors (Lipinski definition) is 1. The minimum absolute atomic E-state index is 0.0886. The number of amides is 3. The third-order valence-corrected chi connectivity index (χ3v) is 10.1. The molecule has 3 amide bonds. The van der Waals surface area contributed by atoms with Crippen LogP contribution in [0, 0.1) is 23.7 Å². The van der Waals surface area contributed by atoms with E-state index in [1.807, 2.05) is 23.9 Å². The van der Waals surface area contributed by atoms with Gasteiger partial charge in [0, 0.05) is 23.4 Å². The van der Waals surface area contributed by atoms with Crippen molar-refractivity contribution < 1.29 is 14.4 Å². The van der Waals surface area contributed by atoms with Gasteiger partial charge in [0.15, 0.2) is 0 Å². The molecule has 5 nitrogen and oxygen atoms in total. The fourth-order valence-corrected chi connectivity index (χ4v) is 7.91. The zero-order chi connectivity index (χ0) is 26.4. The normalized spacial score (nSPS) is 26.1. The Bertz CT molecular complexity index is 962. The topological polar surface area (TPSA) is 66.5 Å². The van der Waals surface area contributed by atoms with E-state index < -0.39 is 6.04 Å². The van der Waals surface area contributed by atoms with Crippen molar-refractivity contribution in [3.8, 4) is 0 Å². The Morgan fingerprint density at radius 2 is 1.76 bits per heavy atom. The van der Waals surface area contributed by atoms with Gasteiger partial charge in [-0.1, -0.05) is 71.8 Å². The number of unbranched alkanes of at least 4 members (excludes halogenated alkanes) is 5. The molecule has 0 radical (unpaired) electrons. The third kappa shape index (κ3) is 7.19.